The van der Waals surface area contributed by atoms with Crippen molar-refractivity contribution >= 4 is 36.4 Å². The van der Waals surface area contributed by atoms with E-state index in [0.717, 1.165) is 58.7 Å². The fraction of sp³-hybridized carbons (Fsp3) is 0.667. The number of likely N-dealkylation sites (N-methyl/N-ethyl adjacent to an activating group) is 1. The van der Waals surface area contributed by atoms with Crippen molar-refractivity contribution in [2.24, 2.45) is 5.41 Å². The van der Waals surface area contributed by atoms with Gasteiger partial charge in [0.2, 0.25) is 0 Å². The van der Waals surface area contributed by atoms with E-state index in [2.05, 4.69) is 27.4 Å². The van der Waals surface area contributed by atoms with Gasteiger partial charge in [-0.05, 0) is 50.7 Å². The van der Waals surface area contributed by atoms with Gasteiger partial charge in [-0.1, -0.05) is 6.92 Å². The highest BCUT2D eigenvalue weighted by Gasteiger charge is 2.32. The molecule has 1 aromatic rings. The lowest BCUT2D eigenvalue weighted by atomic mass is 9.79. The number of benzene rings is 1. The van der Waals surface area contributed by atoms with Crippen LogP contribution >= 0.6 is 24.8 Å². The molecule has 0 aliphatic carbocycles. The highest BCUT2D eigenvalue weighted by molar-refractivity contribution is 5.94. The molecule has 0 unspecified atom stereocenters. The molecule has 2 aliphatic rings. The lowest BCUT2D eigenvalue weighted by Crippen LogP contribution is -2.47. The number of carbonyl (C=O) groups excluding carboxylic acids is 1. The van der Waals surface area contributed by atoms with Gasteiger partial charge in [0.15, 0.2) is 0 Å². The highest BCUT2D eigenvalue weighted by atomic mass is 35.5. The normalized spacial score (nSPS) is 18.8. The second-order valence-corrected chi connectivity index (χ2v) is 7.95. The molecule has 0 spiro atoms. The molecular weight excluding hydrogens is 430 g/mol. The van der Waals surface area contributed by atoms with E-state index in [0.29, 0.717) is 24.4 Å². The summed E-state index contributed by atoms with van der Waals surface area (Å²) in [6, 6.07) is 4.83. The van der Waals surface area contributed by atoms with Crippen LogP contribution in [0.25, 0.3) is 0 Å². The molecule has 0 aromatic heterocycles. The summed E-state index contributed by atoms with van der Waals surface area (Å²) >= 11 is 0. The van der Waals surface area contributed by atoms with Gasteiger partial charge in [-0.2, -0.15) is 0 Å². The van der Waals surface area contributed by atoms with Crippen LogP contribution < -0.4 is 15.5 Å². The number of piperazine rings is 1. The maximum absolute atomic E-state index is 14.7. The second-order valence-electron chi connectivity index (χ2n) is 7.95. The Labute approximate surface area is 191 Å². The lowest BCUT2D eigenvalue weighted by molar-refractivity contribution is 0.0511. The first-order chi connectivity index (χ1) is 13.6. The highest BCUT2D eigenvalue weighted by Crippen LogP contribution is 2.28. The molecule has 0 bridgehead atoms. The Hall–Kier alpha value is -1.12. The Bertz CT molecular complexity index is 661. The predicted molar refractivity (Wildman–Crippen MR) is 124 cm³/mol. The van der Waals surface area contributed by atoms with E-state index in [1.54, 1.807) is 19.2 Å². The van der Waals surface area contributed by atoms with Gasteiger partial charge >= 0.3 is 0 Å². The third-order valence-corrected chi connectivity index (χ3v) is 6.11. The van der Waals surface area contributed by atoms with Crippen molar-refractivity contribution in [3.63, 3.8) is 0 Å². The van der Waals surface area contributed by atoms with Gasteiger partial charge in [-0.25, -0.2) is 4.39 Å². The Kier molecular flexibility index (Phi) is 11.4. The summed E-state index contributed by atoms with van der Waals surface area (Å²) in [5, 5.41) is 6.34. The van der Waals surface area contributed by atoms with Crippen molar-refractivity contribution in [1.82, 2.24) is 15.5 Å². The van der Waals surface area contributed by atoms with Crippen LogP contribution in [0.2, 0.25) is 0 Å². The topological polar surface area (TPSA) is 56.8 Å². The quantitative estimate of drug-likeness (QED) is 0.649. The summed E-state index contributed by atoms with van der Waals surface area (Å²) in [7, 11) is 1.69. The van der Waals surface area contributed by atoms with E-state index >= 15 is 0 Å². The molecule has 172 valence electrons. The molecule has 0 saturated carbocycles. The van der Waals surface area contributed by atoms with Crippen LogP contribution in [-0.4, -0.2) is 76.9 Å². The van der Waals surface area contributed by atoms with Gasteiger partial charge in [-0.15, -0.1) is 24.8 Å². The van der Waals surface area contributed by atoms with Crippen molar-refractivity contribution in [3.8, 4) is 0 Å². The van der Waals surface area contributed by atoms with Crippen LogP contribution in [0.5, 0.6) is 0 Å². The van der Waals surface area contributed by atoms with Gasteiger partial charge < -0.3 is 25.2 Å². The van der Waals surface area contributed by atoms with Crippen LogP contribution in [0, 0.1) is 11.2 Å². The van der Waals surface area contributed by atoms with E-state index in [1.807, 2.05) is 0 Å². The number of carbonyl (C=O) groups is 1. The third-order valence-electron chi connectivity index (χ3n) is 6.11. The molecule has 30 heavy (non-hydrogen) atoms. The summed E-state index contributed by atoms with van der Waals surface area (Å²) in [5.74, 6) is -0.554. The number of hydrogen-bond donors (Lipinski definition) is 2. The molecule has 0 atom stereocenters. The number of nitrogens with one attached hydrogen (secondary N) is 2. The van der Waals surface area contributed by atoms with E-state index in [9.17, 15) is 9.18 Å². The molecule has 6 nitrogen and oxygen atoms in total. The third kappa shape index (κ3) is 6.69. The Morgan fingerprint density at radius 3 is 2.43 bits per heavy atom. The smallest absolute Gasteiger partial charge is 0.251 e. The van der Waals surface area contributed by atoms with Crippen LogP contribution in [0.15, 0.2) is 18.2 Å². The first kappa shape index (κ1) is 26.9. The number of nitrogens with zero attached hydrogens (tertiary/aromatic N) is 2. The summed E-state index contributed by atoms with van der Waals surface area (Å²) in [6.07, 6.45) is 1.91. The van der Waals surface area contributed by atoms with Gasteiger partial charge in [0.1, 0.15) is 5.82 Å². The summed E-state index contributed by atoms with van der Waals surface area (Å²) in [5.41, 5.74) is 0.907. The van der Waals surface area contributed by atoms with Crippen molar-refractivity contribution in [2.75, 3.05) is 71.0 Å². The molecule has 1 amide bonds. The van der Waals surface area contributed by atoms with Gasteiger partial charge in [0.25, 0.3) is 5.91 Å². The summed E-state index contributed by atoms with van der Waals surface area (Å²) in [6.45, 7) is 9.68. The van der Waals surface area contributed by atoms with E-state index in [4.69, 9.17) is 4.74 Å². The van der Waals surface area contributed by atoms with Crippen molar-refractivity contribution in [2.45, 2.75) is 19.8 Å². The molecule has 2 fully saturated rings. The molecular formula is C21H35Cl2FN4O2. The monoisotopic (exact) mass is 464 g/mol. The van der Waals surface area contributed by atoms with Crippen LogP contribution in [0.3, 0.4) is 0 Å². The second kappa shape index (κ2) is 12.7. The number of rotatable bonds is 7. The molecule has 0 radical (unpaired) electrons. The van der Waals surface area contributed by atoms with Gasteiger partial charge in [0.05, 0.1) is 12.3 Å². The molecule has 3 rings (SSSR count). The van der Waals surface area contributed by atoms with Gasteiger partial charge in [-0.3, -0.25) is 4.79 Å². The van der Waals surface area contributed by atoms with Crippen molar-refractivity contribution < 1.29 is 13.9 Å². The molecule has 2 heterocycles. The number of hydrogen-bond acceptors (Lipinski definition) is 5. The Morgan fingerprint density at radius 1 is 1.20 bits per heavy atom. The lowest BCUT2D eigenvalue weighted by Gasteiger charge is -2.37. The molecule has 2 N–H and O–H groups in total. The van der Waals surface area contributed by atoms with Crippen LogP contribution in [-0.2, 0) is 4.74 Å². The Morgan fingerprint density at radius 2 is 1.87 bits per heavy atom. The summed E-state index contributed by atoms with van der Waals surface area (Å²) < 4.78 is 20.1. The maximum Gasteiger partial charge on any atom is 0.251 e. The number of ether oxygens (including phenoxy) is 1. The minimum absolute atomic E-state index is 0. The fourth-order valence-corrected chi connectivity index (χ4v) is 4.21. The predicted octanol–water partition coefficient (Wildman–Crippen LogP) is 2.56. The minimum Gasteiger partial charge on any atom is -0.384 e. The SMILES string of the molecule is CCN1CCN(c2ccc(C(=O)NCC3(COC)CCNCC3)cc2F)CC1.Cl.Cl. The summed E-state index contributed by atoms with van der Waals surface area (Å²) in [4.78, 5) is 17.0. The standard InChI is InChI=1S/C21H33FN4O2.2ClH/c1-3-25-10-12-26(13-11-25)19-5-4-17(14-18(19)22)20(27)24-15-21(16-28-2)6-8-23-9-7-21;;/h4-5,14,23H,3,6-13,15-16H2,1-2H3,(H,24,27);2*1H. The van der Waals surface area contributed by atoms with Gasteiger partial charge in [0, 0.05) is 50.8 Å². The zero-order chi connectivity index (χ0) is 20.0. The molecule has 2 aliphatic heterocycles. The van der Waals surface area contributed by atoms with Crippen molar-refractivity contribution in [1.29, 1.82) is 0 Å². The number of anilines is 1. The van der Waals surface area contributed by atoms with E-state index < -0.39 is 0 Å². The van der Waals surface area contributed by atoms with E-state index in [-0.39, 0.29) is 42.0 Å². The van der Waals surface area contributed by atoms with Crippen molar-refractivity contribution in [3.05, 3.63) is 29.6 Å². The first-order valence-electron chi connectivity index (χ1n) is 10.3. The number of methoxy groups -OCH3 is 1. The molecule has 1 aromatic carbocycles. The first-order valence-corrected chi connectivity index (χ1v) is 10.3. The van der Waals surface area contributed by atoms with Crippen LogP contribution in [0.1, 0.15) is 30.1 Å². The Balaban J connectivity index is 0.00000225. The zero-order valence-corrected chi connectivity index (χ0v) is 19.5. The largest absolute Gasteiger partial charge is 0.384 e. The zero-order valence-electron chi connectivity index (χ0n) is 17.9. The number of amides is 1. The minimum atomic E-state index is -0.328. The fourth-order valence-electron chi connectivity index (χ4n) is 4.21. The average Bonchev–Trinajstić information content (AvgIpc) is 2.73. The number of halogens is 3. The number of piperidine rings is 1. The van der Waals surface area contributed by atoms with Crippen LogP contribution in [0.4, 0.5) is 10.1 Å². The molecule has 9 heteroatoms. The average molecular weight is 465 g/mol. The van der Waals surface area contributed by atoms with E-state index in [1.165, 1.54) is 6.07 Å². The molecule has 2 saturated heterocycles. The maximum atomic E-state index is 14.7.